The van der Waals surface area contributed by atoms with E-state index in [1.54, 1.807) is 0 Å². The fraction of sp³-hybridized carbons (Fsp3) is 0.913. The number of allylic oxidation sites excluding steroid dienone is 2. The van der Waals surface area contributed by atoms with Gasteiger partial charge in [0, 0.05) is 18.8 Å². The highest BCUT2D eigenvalue weighted by atomic mass is 19.4. The predicted molar refractivity (Wildman–Crippen MR) is 107 cm³/mol. The molecule has 162 valence electrons. The van der Waals surface area contributed by atoms with E-state index in [1.165, 1.54) is 44.8 Å². The molecule has 5 heteroatoms. The third-order valence-corrected chi connectivity index (χ3v) is 7.83. The van der Waals surface area contributed by atoms with Crippen LogP contribution in [0.15, 0.2) is 11.6 Å². The molecular formula is C23H38F3NO. The summed E-state index contributed by atoms with van der Waals surface area (Å²) in [5.41, 5.74) is -0.243. The lowest BCUT2D eigenvalue weighted by molar-refractivity contribution is -0.0974. The number of halogens is 3. The number of hydrogen-bond acceptors (Lipinski definition) is 2. The van der Waals surface area contributed by atoms with Gasteiger partial charge in [0.15, 0.2) is 0 Å². The summed E-state index contributed by atoms with van der Waals surface area (Å²) in [5.74, 6) is 2.04. The lowest BCUT2D eigenvalue weighted by Crippen LogP contribution is -2.40. The number of alkyl halides is 3. The maximum atomic E-state index is 13.0. The summed E-state index contributed by atoms with van der Waals surface area (Å²) in [6.07, 6.45) is 4.29. The number of nitrogens with zero attached hydrogens (tertiary/aromatic N) is 1. The van der Waals surface area contributed by atoms with Crippen molar-refractivity contribution in [2.75, 3.05) is 32.8 Å². The van der Waals surface area contributed by atoms with Gasteiger partial charge in [-0.25, -0.2) is 0 Å². The Labute approximate surface area is 168 Å². The first-order valence-corrected chi connectivity index (χ1v) is 11.2. The summed E-state index contributed by atoms with van der Waals surface area (Å²) in [4.78, 5) is 2.59. The molecule has 0 bridgehead atoms. The van der Waals surface area contributed by atoms with Gasteiger partial charge in [0.05, 0.1) is 0 Å². The molecule has 0 spiro atoms. The van der Waals surface area contributed by atoms with E-state index in [2.05, 4.69) is 18.7 Å². The molecule has 0 N–H and O–H groups in total. The van der Waals surface area contributed by atoms with Crippen LogP contribution in [0.4, 0.5) is 13.2 Å². The van der Waals surface area contributed by atoms with Crippen LogP contribution in [-0.4, -0.2) is 43.9 Å². The minimum Gasteiger partial charge on any atom is -0.381 e. The molecule has 3 rings (SSSR count). The third kappa shape index (κ3) is 5.53. The van der Waals surface area contributed by atoms with Crippen LogP contribution >= 0.6 is 0 Å². The van der Waals surface area contributed by atoms with Crippen LogP contribution < -0.4 is 0 Å². The van der Waals surface area contributed by atoms with Crippen LogP contribution in [0.2, 0.25) is 0 Å². The molecule has 2 heterocycles. The smallest absolute Gasteiger partial charge is 0.381 e. The first kappa shape index (κ1) is 22.1. The molecule has 0 aromatic carbocycles. The van der Waals surface area contributed by atoms with Gasteiger partial charge in [-0.3, -0.25) is 0 Å². The van der Waals surface area contributed by atoms with Gasteiger partial charge in [-0.05, 0) is 93.7 Å². The molecular weight excluding hydrogens is 363 g/mol. The Morgan fingerprint density at radius 1 is 1.00 bits per heavy atom. The number of piperidine rings is 1. The topological polar surface area (TPSA) is 12.5 Å². The Morgan fingerprint density at radius 3 is 2.18 bits per heavy atom. The maximum absolute atomic E-state index is 13.0. The number of hydrogen-bond donors (Lipinski definition) is 0. The van der Waals surface area contributed by atoms with Crippen molar-refractivity contribution in [3.05, 3.63) is 11.6 Å². The van der Waals surface area contributed by atoms with Gasteiger partial charge in [-0.1, -0.05) is 26.8 Å². The first-order valence-electron chi connectivity index (χ1n) is 11.2. The Balaban J connectivity index is 1.46. The van der Waals surface area contributed by atoms with E-state index < -0.39 is 6.18 Å². The number of rotatable bonds is 5. The van der Waals surface area contributed by atoms with Crippen molar-refractivity contribution in [2.45, 2.75) is 71.9 Å². The Kier molecular flexibility index (Phi) is 7.18. The Morgan fingerprint density at radius 2 is 1.61 bits per heavy atom. The molecule has 2 aliphatic heterocycles. The van der Waals surface area contributed by atoms with E-state index >= 15 is 0 Å². The van der Waals surface area contributed by atoms with E-state index in [0.717, 1.165) is 38.0 Å². The zero-order chi connectivity index (χ0) is 20.4. The van der Waals surface area contributed by atoms with Crippen molar-refractivity contribution >= 4 is 0 Å². The van der Waals surface area contributed by atoms with E-state index in [-0.39, 0.29) is 23.3 Å². The second-order valence-electron chi connectivity index (χ2n) is 10.1. The van der Waals surface area contributed by atoms with Crippen LogP contribution in [0.5, 0.6) is 0 Å². The van der Waals surface area contributed by atoms with E-state index in [1.807, 2.05) is 6.92 Å². The second kappa shape index (κ2) is 9.07. The van der Waals surface area contributed by atoms with Gasteiger partial charge in [0.25, 0.3) is 0 Å². The molecule has 28 heavy (non-hydrogen) atoms. The van der Waals surface area contributed by atoms with Gasteiger partial charge in [0.2, 0.25) is 0 Å². The van der Waals surface area contributed by atoms with Gasteiger partial charge in [0.1, 0.15) is 0 Å². The van der Waals surface area contributed by atoms with Crippen LogP contribution in [0.3, 0.4) is 0 Å². The molecule has 3 aliphatic rings. The standard InChI is InChI=1S/C23H38F3NO/c1-17-16-20(23(24,25)26)4-5-21(17)22(2,3)10-13-27-11-6-18(7-12-27)19-8-14-28-15-9-19/h16-19,21H,4-15H2,1-3H3. The van der Waals surface area contributed by atoms with Crippen molar-refractivity contribution in [1.82, 2.24) is 4.90 Å². The monoisotopic (exact) mass is 401 g/mol. The van der Waals surface area contributed by atoms with Crippen molar-refractivity contribution < 1.29 is 17.9 Å². The van der Waals surface area contributed by atoms with E-state index in [9.17, 15) is 13.2 Å². The summed E-state index contributed by atoms with van der Waals surface area (Å²) in [7, 11) is 0. The van der Waals surface area contributed by atoms with Crippen LogP contribution in [0.1, 0.15) is 65.7 Å². The minimum absolute atomic E-state index is 0.000341. The third-order valence-electron chi connectivity index (χ3n) is 7.83. The van der Waals surface area contributed by atoms with Gasteiger partial charge < -0.3 is 9.64 Å². The Bertz CT molecular complexity index is 528. The van der Waals surface area contributed by atoms with Crippen molar-refractivity contribution in [3.63, 3.8) is 0 Å². The molecule has 0 amide bonds. The predicted octanol–water partition coefficient (Wildman–Crippen LogP) is 6.08. The molecule has 0 aromatic heterocycles. The SMILES string of the molecule is CC1C=C(C(F)(F)F)CCC1C(C)(C)CCN1CCC(C2CCOCC2)CC1. The van der Waals surface area contributed by atoms with Crippen LogP contribution in [-0.2, 0) is 4.74 Å². The Hall–Kier alpha value is -0.550. The van der Waals surface area contributed by atoms with Crippen LogP contribution in [0.25, 0.3) is 0 Å². The van der Waals surface area contributed by atoms with Crippen LogP contribution in [0, 0.1) is 29.1 Å². The van der Waals surface area contributed by atoms with Gasteiger partial charge in [-0.2, -0.15) is 13.2 Å². The molecule has 0 aromatic rings. The first-order chi connectivity index (χ1) is 13.2. The molecule has 2 saturated heterocycles. The van der Waals surface area contributed by atoms with Crippen molar-refractivity contribution in [1.29, 1.82) is 0 Å². The lowest BCUT2D eigenvalue weighted by Gasteiger charge is -2.43. The van der Waals surface area contributed by atoms with Gasteiger partial charge >= 0.3 is 6.18 Å². The normalized spacial score (nSPS) is 29.7. The summed E-state index contributed by atoms with van der Waals surface area (Å²) in [6.45, 7) is 11.8. The molecule has 0 saturated carbocycles. The summed E-state index contributed by atoms with van der Waals surface area (Å²) in [5, 5.41) is 0. The molecule has 2 unspecified atom stereocenters. The molecule has 2 atom stereocenters. The largest absolute Gasteiger partial charge is 0.412 e. The summed E-state index contributed by atoms with van der Waals surface area (Å²) >= 11 is 0. The molecule has 2 fully saturated rings. The molecule has 1 aliphatic carbocycles. The average Bonchev–Trinajstić information content (AvgIpc) is 2.66. The van der Waals surface area contributed by atoms with Crippen molar-refractivity contribution in [3.8, 4) is 0 Å². The summed E-state index contributed by atoms with van der Waals surface area (Å²) in [6, 6.07) is 0. The zero-order valence-electron chi connectivity index (χ0n) is 17.9. The van der Waals surface area contributed by atoms with E-state index in [0.29, 0.717) is 12.3 Å². The fourth-order valence-electron chi connectivity index (χ4n) is 5.90. The fourth-order valence-corrected chi connectivity index (χ4v) is 5.90. The molecule has 0 radical (unpaired) electrons. The highest BCUT2D eigenvalue weighted by Crippen LogP contribution is 2.46. The summed E-state index contributed by atoms with van der Waals surface area (Å²) < 4.78 is 44.5. The molecule has 2 nitrogen and oxygen atoms in total. The quantitative estimate of drug-likeness (QED) is 0.518. The highest BCUT2D eigenvalue weighted by Gasteiger charge is 2.41. The zero-order valence-corrected chi connectivity index (χ0v) is 17.9. The van der Waals surface area contributed by atoms with E-state index in [4.69, 9.17) is 4.74 Å². The highest BCUT2D eigenvalue weighted by molar-refractivity contribution is 5.15. The van der Waals surface area contributed by atoms with Gasteiger partial charge in [-0.15, -0.1) is 0 Å². The average molecular weight is 402 g/mol. The lowest BCUT2D eigenvalue weighted by atomic mass is 9.65. The minimum atomic E-state index is -4.15. The number of ether oxygens (including phenoxy) is 1. The second-order valence-corrected chi connectivity index (χ2v) is 10.1. The number of likely N-dealkylation sites (tertiary alicyclic amines) is 1. The van der Waals surface area contributed by atoms with Crippen molar-refractivity contribution in [2.24, 2.45) is 29.1 Å². The maximum Gasteiger partial charge on any atom is 0.412 e.